The Kier molecular flexibility index (Phi) is 5.92. The molecule has 1 fully saturated rings. The molecule has 0 bridgehead atoms. The lowest BCUT2D eigenvalue weighted by atomic mass is 10.1. The highest BCUT2D eigenvalue weighted by molar-refractivity contribution is 8.00. The Balaban J connectivity index is 1.53. The third kappa shape index (κ3) is 4.62. The van der Waals surface area contributed by atoms with Gasteiger partial charge in [0.05, 0.1) is 11.3 Å². The van der Waals surface area contributed by atoms with Gasteiger partial charge in [0.1, 0.15) is 11.2 Å². The first-order valence-electron chi connectivity index (χ1n) is 9.50. The van der Waals surface area contributed by atoms with E-state index in [1.807, 2.05) is 0 Å². The minimum atomic E-state index is -4.48. The van der Waals surface area contributed by atoms with Gasteiger partial charge in [-0.15, -0.1) is 11.8 Å². The van der Waals surface area contributed by atoms with Crippen molar-refractivity contribution in [2.45, 2.75) is 11.6 Å². The standard InChI is InChI=1S/C23H16F4N2O2S/c24-17-8-10-19(11-9-17)29-20(30)13-32-22(29)15-2-1-3-18(12-15)28-21(31)14-4-6-16(7-5-14)23(25,26)27/h1-12,22H,13H2,(H,28,31). The van der Waals surface area contributed by atoms with Gasteiger partial charge in [0.25, 0.3) is 5.91 Å². The number of carbonyl (C=O) groups excluding carboxylic acids is 2. The number of halogens is 4. The van der Waals surface area contributed by atoms with Crippen molar-refractivity contribution >= 4 is 35.0 Å². The van der Waals surface area contributed by atoms with Crippen molar-refractivity contribution in [2.75, 3.05) is 16.0 Å². The van der Waals surface area contributed by atoms with E-state index in [-0.39, 0.29) is 22.6 Å². The summed E-state index contributed by atoms with van der Waals surface area (Å²) in [5.41, 5.74) is 0.994. The summed E-state index contributed by atoms with van der Waals surface area (Å²) in [6.07, 6.45) is -4.48. The predicted octanol–water partition coefficient (Wildman–Crippen LogP) is 5.88. The molecular weight excluding hydrogens is 444 g/mol. The average Bonchev–Trinajstić information content (AvgIpc) is 3.15. The summed E-state index contributed by atoms with van der Waals surface area (Å²) in [7, 11) is 0. The normalized spacial score (nSPS) is 16.3. The van der Waals surface area contributed by atoms with Crippen LogP contribution in [0.3, 0.4) is 0 Å². The lowest BCUT2D eigenvalue weighted by Crippen LogP contribution is -2.27. The van der Waals surface area contributed by atoms with Crippen LogP contribution in [0.15, 0.2) is 72.8 Å². The minimum Gasteiger partial charge on any atom is -0.322 e. The number of carbonyl (C=O) groups is 2. The van der Waals surface area contributed by atoms with Gasteiger partial charge >= 0.3 is 6.18 Å². The van der Waals surface area contributed by atoms with Gasteiger partial charge < -0.3 is 5.32 Å². The van der Waals surface area contributed by atoms with Crippen molar-refractivity contribution in [1.29, 1.82) is 0 Å². The molecule has 0 saturated carbocycles. The van der Waals surface area contributed by atoms with Crippen molar-refractivity contribution in [1.82, 2.24) is 0 Å². The molecule has 4 nitrogen and oxygen atoms in total. The summed E-state index contributed by atoms with van der Waals surface area (Å²) in [6.45, 7) is 0. The van der Waals surface area contributed by atoms with Crippen LogP contribution in [-0.4, -0.2) is 17.6 Å². The molecule has 0 aliphatic carbocycles. The molecule has 32 heavy (non-hydrogen) atoms. The molecular formula is C23H16F4N2O2S. The van der Waals surface area contributed by atoms with Crippen molar-refractivity contribution < 1.29 is 27.2 Å². The van der Waals surface area contributed by atoms with Gasteiger partial charge in [-0.1, -0.05) is 12.1 Å². The largest absolute Gasteiger partial charge is 0.416 e. The average molecular weight is 460 g/mol. The molecule has 3 aromatic carbocycles. The lowest BCUT2D eigenvalue weighted by molar-refractivity contribution is -0.137. The van der Waals surface area contributed by atoms with Crippen LogP contribution in [0.1, 0.15) is 26.9 Å². The second-order valence-electron chi connectivity index (χ2n) is 7.06. The number of anilines is 2. The van der Waals surface area contributed by atoms with E-state index in [0.717, 1.165) is 29.8 Å². The van der Waals surface area contributed by atoms with Crippen LogP contribution >= 0.6 is 11.8 Å². The summed E-state index contributed by atoms with van der Waals surface area (Å²) in [4.78, 5) is 26.5. The zero-order valence-corrected chi connectivity index (χ0v) is 17.2. The molecule has 0 spiro atoms. The quantitative estimate of drug-likeness (QED) is 0.495. The van der Waals surface area contributed by atoms with Crippen molar-refractivity contribution in [3.63, 3.8) is 0 Å². The Morgan fingerprint density at radius 2 is 1.69 bits per heavy atom. The van der Waals surface area contributed by atoms with Crippen LogP contribution in [0.4, 0.5) is 28.9 Å². The molecule has 1 aliphatic heterocycles. The number of nitrogens with zero attached hydrogens (tertiary/aromatic N) is 1. The summed E-state index contributed by atoms with van der Waals surface area (Å²) in [6, 6.07) is 16.4. The SMILES string of the molecule is O=C(Nc1cccc(C2SCC(=O)N2c2ccc(F)cc2)c1)c1ccc(C(F)(F)F)cc1. The first-order valence-corrected chi connectivity index (χ1v) is 10.5. The summed E-state index contributed by atoms with van der Waals surface area (Å²) >= 11 is 1.40. The number of nitrogens with one attached hydrogen (secondary N) is 1. The Bertz CT molecular complexity index is 1150. The Morgan fingerprint density at radius 3 is 2.34 bits per heavy atom. The topological polar surface area (TPSA) is 49.4 Å². The minimum absolute atomic E-state index is 0.0850. The molecule has 3 aromatic rings. The first kappa shape index (κ1) is 21.9. The maximum Gasteiger partial charge on any atom is 0.416 e. The molecule has 1 N–H and O–H groups in total. The van der Waals surface area contributed by atoms with Gasteiger partial charge in [0, 0.05) is 16.9 Å². The van der Waals surface area contributed by atoms with Crippen LogP contribution < -0.4 is 10.2 Å². The van der Waals surface area contributed by atoms with Gasteiger partial charge in [0.2, 0.25) is 5.91 Å². The third-order valence-corrected chi connectivity index (χ3v) is 6.09. The molecule has 1 atom stereocenters. The van der Waals surface area contributed by atoms with Gasteiger partial charge in [-0.3, -0.25) is 14.5 Å². The number of alkyl halides is 3. The molecule has 164 valence electrons. The van der Waals surface area contributed by atoms with Gasteiger partial charge in [-0.05, 0) is 66.2 Å². The van der Waals surface area contributed by atoms with E-state index in [2.05, 4.69) is 5.32 Å². The molecule has 1 heterocycles. The molecule has 0 radical (unpaired) electrons. The maximum absolute atomic E-state index is 13.3. The zero-order valence-electron chi connectivity index (χ0n) is 16.4. The van der Waals surface area contributed by atoms with Crippen LogP contribution in [0.25, 0.3) is 0 Å². The third-order valence-electron chi connectivity index (χ3n) is 4.88. The van der Waals surface area contributed by atoms with Crippen LogP contribution in [0.2, 0.25) is 0 Å². The lowest BCUT2D eigenvalue weighted by Gasteiger charge is -2.24. The molecule has 0 aromatic heterocycles. The van der Waals surface area contributed by atoms with E-state index >= 15 is 0 Å². The van der Waals surface area contributed by atoms with E-state index in [0.29, 0.717) is 11.4 Å². The molecule has 2 amide bonds. The predicted molar refractivity (Wildman–Crippen MR) is 115 cm³/mol. The van der Waals surface area contributed by atoms with E-state index in [1.54, 1.807) is 29.2 Å². The Morgan fingerprint density at radius 1 is 1.00 bits per heavy atom. The van der Waals surface area contributed by atoms with E-state index in [1.165, 1.54) is 36.0 Å². The fourth-order valence-corrected chi connectivity index (χ4v) is 4.50. The monoisotopic (exact) mass is 460 g/mol. The highest BCUT2D eigenvalue weighted by atomic mass is 32.2. The fourth-order valence-electron chi connectivity index (χ4n) is 3.34. The Hall–Kier alpha value is -3.33. The summed E-state index contributed by atoms with van der Waals surface area (Å²) in [5.74, 6) is -0.825. The van der Waals surface area contributed by atoms with Gasteiger partial charge in [0.15, 0.2) is 0 Å². The number of amides is 2. The smallest absolute Gasteiger partial charge is 0.322 e. The van der Waals surface area contributed by atoms with Crippen molar-refractivity contribution in [3.05, 3.63) is 95.3 Å². The number of hydrogen-bond donors (Lipinski definition) is 1. The molecule has 9 heteroatoms. The number of thioether (sulfide) groups is 1. The van der Waals surface area contributed by atoms with Crippen molar-refractivity contribution in [2.24, 2.45) is 0 Å². The molecule has 1 aliphatic rings. The van der Waals surface area contributed by atoms with E-state index < -0.39 is 23.5 Å². The second kappa shape index (κ2) is 8.66. The summed E-state index contributed by atoms with van der Waals surface area (Å²) < 4.78 is 51.4. The molecule has 1 saturated heterocycles. The number of hydrogen-bond acceptors (Lipinski definition) is 3. The summed E-state index contributed by atoms with van der Waals surface area (Å²) in [5, 5.41) is 2.31. The molecule has 1 unspecified atom stereocenters. The maximum atomic E-state index is 13.3. The molecule has 4 rings (SSSR count). The first-order chi connectivity index (χ1) is 15.2. The van der Waals surface area contributed by atoms with Crippen LogP contribution in [-0.2, 0) is 11.0 Å². The van der Waals surface area contributed by atoms with E-state index in [9.17, 15) is 27.2 Å². The highest BCUT2D eigenvalue weighted by Crippen LogP contribution is 2.42. The second-order valence-corrected chi connectivity index (χ2v) is 8.13. The van der Waals surface area contributed by atoms with Crippen LogP contribution in [0, 0.1) is 5.82 Å². The highest BCUT2D eigenvalue weighted by Gasteiger charge is 2.34. The van der Waals surface area contributed by atoms with Gasteiger partial charge in [-0.25, -0.2) is 4.39 Å². The van der Waals surface area contributed by atoms with Crippen LogP contribution in [0.5, 0.6) is 0 Å². The Labute approximate surface area is 185 Å². The fraction of sp³-hybridized carbons (Fsp3) is 0.130. The van der Waals surface area contributed by atoms with Gasteiger partial charge in [-0.2, -0.15) is 13.2 Å². The zero-order chi connectivity index (χ0) is 22.9. The van der Waals surface area contributed by atoms with E-state index in [4.69, 9.17) is 0 Å². The van der Waals surface area contributed by atoms with Crippen molar-refractivity contribution in [3.8, 4) is 0 Å². The number of benzene rings is 3. The number of rotatable bonds is 4.